The van der Waals surface area contributed by atoms with Gasteiger partial charge in [0.15, 0.2) is 0 Å². The topological polar surface area (TPSA) is 20.3 Å². The minimum absolute atomic E-state index is 0.272. The van der Waals surface area contributed by atoms with Crippen LogP contribution in [0.4, 0.5) is 0 Å². The molecule has 2 saturated carbocycles. The van der Waals surface area contributed by atoms with Gasteiger partial charge in [0.2, 0.25) is 0 Å². The van der Waals surface area contributed by atoms with E-state index in [2.05, 4.69) is 4.90 Å². The van der Waals surface area contributed by atoms with E-state index >= 15 is 0 Å². The highest BCUT2D eigenvalue weighted by atomic mass is 35.5. The van der Waals surface area contributed by atoms with Gasteiger partial charge in [-0.25, -0.2) is 0 Å². The SMILES string of the molecule is O=C(C1=C(Cl)CCCC1)N(C1CCCC1)C1CC1. The average Bonchev–Trinajstić information content (AvgIpc) is 3.05. The molecule has 0 aromatic rings. The quantitative estimate of drug-likeness (QED) is 0.757. The van der Waals surface area contributed by atoms with Gasteiger partial charge in [0.1, 0.15) is 0 Å². The Morgan fingerprint density at radius 1 is 0.944 bits per heavy atom. The Morgan fingerprint density at radius 3 is 2.17 bits per heavy atom. The van der Waals surface area contributed by atoms with E-state index in [-0.39, 0.29) is 5.91 Å². The summed E-state index contributed by atoms with van der Waals surface area (Å²) in [5, 5.41) is 0.842. The second kappa shape index (κ2) is 5.24. The van der Waals surface area contributed by atoms with Crippen LogP contribution in [0.3, 0.4) is 0 Å². The third-order valence-corrected chi connectivity index (χ3v) is 4.97. The fourth-order valence-electron chi connectivity index (χ4n) is 3.41. The van der Waals surface area contributed by atoms with Crippen molar-refractivity contribution in [2.45, 2.75) is 76.3 Å². The highest BCUT2D eigenvalue weighted by Gasteiger charge is 2.39. The number of hydrogen-bond donors (Lipinski definition) is 0. The van der Waals surface area contributed by atoms with Crippen LogP contribution in [0.2, 0.25) is 0 Å². The number of allylic oxidation sites excluding steroid dienone is 1. The molecule has 0 spiro atoms. The molecule has 0 unspecified atom stereocenters. The number of carbonyl (C=O) groups excluding carboxylic acids is 1. The van der Waals surface area contributed by atoms with Crippen LogP contribution in [0.5, 0.6) is 0 Å². The van der Waals surface area contributed by atoms with Crippen molar-refractivity contribution in [3.8, 4) is 0 Å². The molecule has 3 aliphatic rings. The molecule has 2 fully saturated rings. The molecule has 0 radical (unpaired) electrons. The minimum atomic E-state index is 0.272. The standard InChI is InChI=1S/C15H22ClNO/c16-14-8-4-3-7-13(14)15(18)17(12-9-10-12)11-5-1-2-6-11/h11-12H,1-10H2. The monoisotopic (exact) mass is 267 g/mol. The van der Waals surface area contributed by atoms with Crippen molar-refractivity contribution in [1.82, 2.24) is 4.90 Å². The molecule has 0 atom stereocenters. The van der Waals surface area contributed by atoms with Gasteiger partial charge >= 0.3 is 0 Å². The molecule has 18 heavy (non-hydrogen) atoms. The van der Waals surface area contributed by atoms with Crippen LogP contribution in [0.25, 0.3) is 0 Å². The van der Waals surface area contributed by atoms with Crippen LogP contribution >= 0.6 is 11.6 Å². The molecular formula is C15H22ClNO. The molecule has 100 valence electrons. The number of carbonyl (C=O) groups is 1. The molecule has 1 amide bonds. The van der Waals surface area contributed by atoms with Crippen molar-refractivity contribution in [1.29, 1.82) is 0 Å². The Hall–Kier alpha value is -0.500. The predicted molar refractivity (Wildman–Crippen MR) is 73.5 cm³/mol. The van der Waals surface area contributed by atoms with E-state index in [9.17, 15) is 4.79 Å². The van der Waals surface area contributed by atoms with Crippen molar-refractivity contribution in [2.24, 2.45) is 0 Å². The fourth-order valence-corrected chi connectivity index (χ4v) is 3.72. The van der Waals surface area contributed by atoms with Gasteiger partial charge in [-0.1, -0.05) is 24.4 Å². The average molecular weight is 268 g/mol. The number of rotatable bonds is 3. The molecule has 0 heterocycles. The maximum atomic E-state index is 12.8. The zero-order chi connectivity index (χ0) is 12.5. The summed E-state index contributed by atoms with van der Waals surface area (Å²) in [6, 6.07) is 1.03. The normalized spacial score (nSPS) is 25.6. The first kappa shape index (κ1) is 12.5. The number of nitrogens with zero attached hydrogens (tertiary/aromatic N) is 1. The van der Waals surface area contributed by atoms with Crippen molar-refractivity contribution < 1.29 is 4.79 Å². The molecule has 3 rings (SSSR count). The van der Waals surface area contributed by atoms with Crippen molar-refractivity contribution in [2.75, 3.05) is 0 Å². The largest absolute Gasteiger partial charge is 0.333 e. The van der Waals surface area contributed by atoms with E-state index in [1.54, 1.807) is 0 Å². The minimum Gasteiger partial charge on any atom is -0.333 e. The van der Waals surface area contributed by atoms with Crippen molar-refractivity contribution in [3.05, 3.63) is 10.6 Å². The van der Waals surface area contributed by atoms with E-state index in [0.717, 1.165) is 36.3 Å². The van der Waals surface area contributed by atoms with Gasteiger partial charge in [-0.05, 0) is 51.4 Å². The maximum Gasteiger partial charge on any atom is 0.251 e. The van der Waals surface area contributed by atoms with Crippen LogP contribution in [-0.2, 0) is 4.79 Å². The van der Waals surface area contributed by atoms with Gasteiger partial charge < -0.3 is 4.90 Å². The predicted octanol–water partition coefficient (Wildman–Crippen LogP) is 3.99. The molecule has 0 aromatic carbocycles. The molecule has 3 aliphatic carbocycles. The van der Waals surface area contributed by atoms with Gasteiger partial charge in [-0.3, -0.25) is 4.79 Å². The summed E-state index contributed by atoms with van der Waals surface area (Å²) in [5.74, 6) is 0.272. The fraction of sp³-hybridized carbons (Fsp3) is 0.800. The lowest BCUT2D eigenvalue weighted by atomic mass is 9.97. The number of amides is 1. The zero-order valence-electron chi connectivity index (χ0n) is 11.0. The molecule has 0 N–H and O–H groups in total. The van der Waals surface area contributed by atoms with Crippen LogP contribution in [0, 0.1) is 0 Å². The second-order valence-corrected chi connectivity index (χ2v) is 6.43. The Morgan fingerprint density at radius 2 is 1.56 bits per heavy atom. The van der Waals surface area contributed by atoms with E-state index in [1.165, 1.54) is 38.5 Å². The van der Waals surface area contributed by atoms with Gasteiger partial charge in [0.25, 0.3) is 5.91 Å². The van der Waals surface area contributed by atoms with Gasteiger partial charge in [0, 0.05) is 22.7 Å². The molecule has 0 aliphatic heterocycles. The number of halogens is 1. The lowest BCUT2D eigenvalue weighted by molar-refractivity contribution is -0.130. The van der Waals surface area contributed by atoms with Crippen LogP contribution in [-0.4, -0.2) is 22.9 Å². The first-order valence-corrected chi connectivity index (χ1v) is 7.85. The summed E-state index contributed by atoms with van der Waals surface area (Å²) in [7, 11) is 0. The summed E-state index contributed by atoms with van der Waals surface area (Å²) in [6.07, 6.45) is 11.4. The van der Waals surface area contributed by atoms with Crippen molar-refractivity contribution in [3.63, 3.8) is 0 Å². The molecule has 3 heteroatoms. The maximum absolute atomic E-state index is 12.8. The van der Waals surface area contributed by atoms with Gasteiger partial charge in [0.05, 0.1) is 0 Å². The van der Waals surface area contributed by atoms with E-state index in [0.29, 0.717) is 12.1 Å². The van der Waals surface area contributed by atoms with E-state index < -0.39 is 0 Å². The molecule has 0 saturated heterocycles. The summed E-state index contributed by atoms with van der Waals surface area (Å²) >= 11 is 6.29. The lowest BCUT2D eigenvalue weighted by Gasteiger charge is -2.31. The van der Waals surface area contributed by atoms with Crippen LogP contribution in [0.15, 0.2) is 10.6 Å². The second-order valence-electron chi connectivity index (χ2n) is 5.97. The first-order chi connectivity index (χ1) is 8.77. The van der Waals surface area contributed by atoms with E-state index in [1.807, 2.05) is 0 Å². The molecule has 0 bridgehead atoms. The summed E-state index contributed by atoms with van der Waals surface area (Å²) in [6.45, 7) is 0. The molecular weight excluding hydrogens is 246 g/mol. The van der Waals surface area contributed by atoms with Crippen LogP contribution in [0.1, 0.15) is 64.2 Å². The van der Waals surface area contributed by atoms with Crippen molar-refractivity contribution >= 4 is 17.5 Å². The van der Waals surface area contributed by atoms with Gasteiger partial charge in [-0.15, -0.1) is 0 Å². The number of hydrogen-bond acceptors (Lipinski definition) is 1. The third kappa shape index (κ3) is 2.45. The Kier molecular flexibility index (Phi) is 3.65. The Bertz CT molecular complexity index is 367. The highest BCUT2D eigenvalue weighted by Crippen LogP contribution is 2.38. The van der Waals surface area contributed by atoms with E-state index in [4.69, 9.17) is 11.6 Å². The highest BCUT2D eigenvalue weighted by molar-refractivity contribution is 6.32. The Balaban J connectivity index is 1.79. The smallest absolute Gasteiger partial charge is 0.251 e. The summed E-state index contributed by atoms with van der Waals surface area (Å²) < 4.78 is 0. The third-order valence-electron chi connectivity index (χ3n) is 4.55. The van der Waals surface area contributed by atoms with Gasteiger partial charge in [-0.2, -0.15) is 0 Å². The molecule has 2 nitrogen and oxygen atoms in total. The zero-order valence-corrected chi connectivity index (χ0v) is 11.7. The first-order valence-electron chi connectivity index (χ1n) is 7.47. The summed E-state index contributed by atoms with van der Waals surface area (Å²) in [5.41, 5.74) is 0.932. The summed E-state index contributed by atoms with van der Waals surface area (Å²) in [4.78, 5) is 15.0. The lowest BCUT2D eigenvalue weighted by Crippen LogP contribution is -2.41. The Labute approximate surface area is 114 Å². The van der Waals surface area contributed by atoms with Crippen LogP contribution < -0.4 is 0 Å². The molecule has 0 aromatic heterocycles.